The van der Waals surface area contributed by atoms with Crippen LogP contribution in [0.25, 0.3) is 0 Å². The Morgan fingerprint density at radius 2 is 2.07 bits per heavy atom. The molecule has 0 amide bonds. The summed E-state index contributed by atoms with van der Waals surface area (Å²) in [5.41, 5.74) is 1.44. The Morgan fingerprint density at radius 1 is 1.47 bits per heavy atom. The molecule has 0 spiro atoms. The van der Waals surface area contributed by atoms with Crippen molar-refractivity contribution >= 4 is 35.1 Å². The van der Waals surface area contributed by atoms with Crippen molar-refractivity contribution in [3.05, 3.63) is 47.1 Å². The van der Waals surface area contributed by atoms with E-state index in [4.69, 9.17) is 23.8 Å². The van der Waals surface area contributed by atoms with Crippen LogP contribution in [0.15, 0.2) is 36.5 Å². The van der Waals surface area contributed by atoms with Gasteiger partial charge in [0.05, 0.1) is 0 Å². The van der Waals surface area contributed by atoms with Crippen LogP contribution in [0.4, 0.5) is 0 Å². The Kier molecular flexibility index (Phi) is 4.46. The summed E-state index contributed by atoms with van der Waals surface area (Å²) in [7, 11) is 0. The lowest BCUT2D eigenvalue weighted by atomic mass is 10.2. The average molecular weight is 240 g/mol. The summed E-state index contributed by atoms with van der Waals surface area (Å²) < 4.78 is 0. The standard InChI is InChI=1S/C11H10ClNOS/c1-8(6-7-14)13-11(15)9-2-4-10(12)5-3-9/h2-5,7H,1,6H2,(H,13,15). The van der Waals surface area contributed by atoms with Crippen LogP contribution in [0.1, 0.15) is 12.0 Å². The Bertz CT molecular complexity index is 386. The molecule has 1 aromatic rings. The van der Waals surface area contributed by atoms with E-state index in [2.05, 4.69) is 11.9 Å². The first-order valence-electron chi connectivity index (χ1n) is 4.32. The van der Waals surface area contributed by atoms with Crippen molar-refractivity contribution in [2.45, 2.75) is 6.42 Å². The SMILES string of the molecule is C=C(CC=O)NC(=S)c1ccc(Cl)cc1. The molecular weight excluding hydrogens is 230 g/mol. The van der Waals surface area contributed by atoms with Crippen LogP contribution in [-0.4, -0.2) is 11.3 Å². The molecule has 0 aliphatic rings. The Hall–Kier alpha value is -1.19. The van der Waals surface area contributed by atoms with Crippen LogP contribution < -0.4 is 5.32 Å². The highest BCUT2D eigenvalue weighted by molar-refractivity contribution is 7.80. The summed E-state index contributed by atoms with van der Waals surface area (Å²) in [4.78, 5) is 10.8. The zero-order valence-corrected chi connectivity index (χ0v) is 9.57. The van der Waals surface area contributed by atoms with Gasteiger partial charge in [0.2, 0.25) is 0 Å². The van der Waals surface area contributed by atoms with Gasteiger partial charge in [-0.15, -0.1) is 0 Å². The van der Waals surface area contributed by atoms with Crippen LogP contribution in [0.2, 0.25) is 5.02 Å². The maximum absolute atomic E-state index is 10.2. The number of halogens is 1. The normalized spacial score (nSPS) is 9.40. The second kappa shape index (κ2) is 5.63. The van der Waals surface area contributed by atoms with Gasteiger partial charge in [0, 0.05) is 22.7 Å². The van der Waals surface area contributed by atoms with Gasteiger partial charge in [-0.1, -0.05) is 42.5 Å². The summed E-state index contributed by atoms with van der Waals surface area (Å²) in [6.45, 7) is 3.67. The predicted molar refractivity (Wildman–Crippen MR) is 66.1 cm³/mol. The van der Waals surface area contributed by atoms with E-state index in [1.165, 1.54) is 0 Å². The van der Waals surface area contributed by atoms with E-state index in [1.54, 1.807) is 12.1 Å². The molecule has 1 aromatic carbocycles. The third kappa shape index (κ3) is 3.81. The highest BCUT2D eigenvalue weighted by Crippen LogP contribution is 2.10. The molecule has 2 nitrogen and oxygen atoms in total. The number of aldehydes is 1. The first-order chi connectivity index (χ1) is 7.13. The molecule has 78 valence electrons. The Morgan fingerprint density at radius 3 is 2.60 bits per heavy atom. The molecule has 0 unspecified atom stereocenters. The molecule has 0 atom stereocenters. The third-order valence-corrected chi connectivity index (χ3v) is 2.32. The maximum Gasteiger partial charge on any atom is 0.125 e. The van der Waals surface area contributed by atoms with Gasteiger partial charge >= 0.3 is 0 Å². The largest absolute Gasteiger partial charge is 0.350 e. The lowest BCUT2D eigenvalue weighted by molar-refractivity contribution is -0.107. The second-order valence-electron chi connectivity index (χ2n) is 2.94. The minimum absolute atomic E-state index is 0.258. The summed E-state index contributed by atoms with van der Waals surface area (Å²) in [6.07, 6.45) is 1.04. The summed E-state index contributed by atoms with van der Waals surface area (Å²) in [5, 5.41) is 3.54. The fourth-order valence-corrected chi connectivity index (χ4v) is 1.39. The molecule has 0 saturated carbocycles. The molecule has 0 bridgehead atoms. The molecular formula is C11H10ClNOS. The molecule has 0 aliphatic carbocycles. The van der Waals surface area contributed by atoms with Crippen molar-refractivity contribution in [1.29, 1.82) is 0 Å². The average Bonchev–Trinajstić information content (AvgIpc) is 2.18. The zero-order valence-electron chi connectivity index (χ0n) is 8.00. The molecule has 15 heavy (non-hydrogen) atoms. The van der Waals surface area contributed by atoms with E-state index >= 15 is 0 Å². The van der Waals surface area contributed by atoms with Gasteiger partial charge in [0.25, 0.3) is 0 Å². The molecule has 0 fully saturated rings. The summed E-state index contributed by atoms with van der Waals surface area (Å²) in [6, 6.07) is 7.14. The van der Waals surface area contributed by atoms with Crippen molar-refractivity contribution in [2.75, 3.05) is 0 Å². The zero-order chi connectivity index (χ0) is 11.3. The van der Waals surface area contributed by atoms with E-state index in [0.29, 0.717) is 15.7 Å². The van der Waals surface area contributed by atoms with Crippen LogP contribution >= 0.6 is 23.8 Å². The van der Waals surface area contributed by atoms with E-state index in [-0.39, 0.29) is 6.42 Å². The van der Waals surface area contributed by atoms with E-state index < -0.39 is 0 Å². The number of nitrogens with one attached hydrogen (secondary N) is 1. The summed E-state index contributed by atoms with van der Waals surface area (Å²) in [5.74, 6) is 0. The van der Waals surface area contributed by atoms with Crippen LogP contribution in [0.5, 0.6) is 0 Å². The van der Waals surface area contributed by atoms with Gasteiger partial charge in [0.15, 0.2) is 0 Å². The molecule has 0 heterocycles. The molecule has 1 N–H and O–H groups in total. The minimum Gasteiger partial charge on any atom is -0.350 e. The molecule has 0 radical (unpaired) electrons. The van der Waals surface area contributed by atoms with Gasteiger partial charge < -0.3 is 10.1 Å². The maximum atomic E-state index is 10.2. The predicted octanol–water partition coefficient (Wildman–Crippen LogP) is 2.71. The number of thiocarbonyl (C=S) groups is 1. The molecule has 0 aromatic heterocycles. The van der Waals surface area contributed by atoms with Gasteiger partial charge in [-0.3, -0.25) is 0 Å². The number of hydrogen-bond acceptors (Lipinski definition) is 2. The number of hydrogen-bond donors (Lipinski definition) is 1. The quantitative estimate of drug-likeness (QED) is 0.647. The first kappa shape index (κ1) is 11.9. The van der Waals surface area contributed by atoms with Crippen LogP contribution in [0.3, 0.4) is 0 Å². The highest BCUT2D eigenvalue weighted by Gasteiger charge is 2.01. The van der Waals surface area contributed by atoms with Gasteiger partial charge in [-0.2, -0.15) is 0 Å². The number of allylic oxidation sites excluding steroid dienone is 1. The van der Waals surface area contributed by atoms with E-state index in [1.807, 2.05) is 12.1 Å². The fraction of sp³-hybridized carbons (Fsp3) is 0.0909. The van der Waals surface area contributed by atoms with Crippen molar-refractivity contribution in [1.82, 2.24) is 5.32 Å². The Balaban J connectivity index is 2.65. The summed E-state index contributed by atoms with van der Waals surface area (Å²) >= 11 is 10.9. The van der Waals surface area contributed by atoms with Gasteiger partial charge in [-0.25, -0.2) is 0 Å². The van der Waals surface area contributed by atoms with E-state index in [9.17, 15) is 4.79 Å². The smallest absolute Gasteiger partial charge is 0.125 e. The number of carbonyl (C=O) groups excluding carboxylic acids is 1. The van der Waals surface area contributed by atoms with Gasteiger partial charge in [0.1, 0.15) is 11.3 Å². The first-order valence-corrected chi connectivity index (χ1v) is 5.10. The number of benzene rings is 1. The molecule has 0 aliphatic heterocycles. The monoisotopic (exact) mass is 239 g/mol. The van der Waals surface area contributed by atoms with Crippen LogP contribution in [-0.2, 0) is 4.79 Å². The Labute approximate surface area is 98.9 Å². The van der Waals surface area contributed by atoms with Crippen LogP contribution in [0, 0.1) is 0 Å². The molecule has 0 saturated heterocycles. The lowest BCUT2D eigenvalue weighted by Crippen LogP contribution is -2.21. The topological polar surface area (TPSA) is 29.1 Å². The molecule has 1 rings (SSSR count). The van der Waals surface area contributed by atoms with Crippen molar-refractivity contribution in [3.8, 4) is 0 Å². The fourth-order valence-electron chi connectivity index (χ4n) is 0.986. The number of rotatable bonds is 4. The van der Waals surface area contributed by atoms with Gasteiger partial charge in [-0.05, 0) is 12.1 Å². The lowest BCUT2D eigenvalue weighted by Gasteiger charge is -2.08. The second-order valence-corrected chi connectivity index (χ2v) is 3.78. The highest BCUT2D eigenvalue weighted by atomic mass is 35.5. The minimum atomic E-state index is 0.258. The van der Waals surface area contributed by atoms with Crippen molar-refractivity contribution in [2.24, 2.45) is 0 Å². The van der Waals surface area contributed by atoms with E-state index in [0.717, 1.165) is 11.8 Å². The third-order valence-electron chi connectivity index (χ3n) is 1.73. The van der Waals surface area contributed by atoms with Crippen molar-refractivity contribution < 1.29 is 4.79 Å². The molecule has 4 heteroatoms. The number of carbonyl (C=O) groups is 1. The van der Waals surface area contributed by atoms with Crippen molar-refractivity contribution in [3.63, 3.8) is 0 Å².